The molecular weight excluding hydrogens is 262 g/mol. The lowest BCUT2D eigenvalue weighted by Crippen LogP contribution is -2.25. The third-order valence-corrected chi connectivity index (χ3v) is 3.92. The number of aliphatic hydroxyl groups excluding tert-OH is 1. The van der Waals surface area contributed by atoms with E-state index in [1.807, 2.05) is 24.4 Å². The van der Waals surface area contributed by atoms with Crippen LogP contribution >= 0.6 is 11.3 Å². The molecule has 0 radical (unpaired) electrons. The number of aliphatic hydroxyl groups is 1. The number of nitrogens with zero attached hydrogens (tertiary/aromatic N) is 2. The van der Waals surface area contributed by atoms with Crippen LogP contribution in [0.4, 0.5) is 0 Å². The van der Waals surface area contributed by atoms with Gasteiger partial charge in [-0.3, -0.25) is 5.41 Å². The van der Waals surface area contributed by atoms with Gasteiger partial charge >= 0.3 is 0 Å². The lowest BCUT2D eigenvalue weighted by molar-refractivity contribution is 0.328. The summed E-state index contributed by atoms with van der Waals surface area (Å²) in [6.45, 7) is 2.70. The Morgan fingerprint density at radius 3 is 3.05 bits per heavy atom. The van der Waals surface area contributed by atoms with Gasteiger partial charge < -0.3 is 14.4 Å². The normalized spacial score (nSPS) is 15.6. The molecule has 0 fully saturated rings. The predicted molar refractivity (Wildman–Crippen MR) is 73.2 cm³/mol. The van der Waals surface area contributed by atoms with Crippen LogP contribution in [0, 0.1) is 12.3 Å². The highest BCUT2D eigenvalue weighted by molar-refractivity contribution is 7.11. The maximum atomic E-state index is 10.1. The van der Waals surface area contributed by atoms with Gasteiger partial charge in [0.2, 0.25) is 0 Å². The van der Waals surface area contributed by atoms with Gasteiger partial charge in [0.05, 0.1) is 24.9 Å². The molecule has 0 saturated heterocycles. The Bertz CT molecular complexity index is 643. The Morgan fingerprint density at radius 1 is 1.58 bits per heavy atom. The highest BCUT2D eigenvalue weighted by Gasteiger charge is 2.30. The zero-order valence-electron chi connectivity index (χ0n) is 10.4. The maximum Gasteiger partial charge on any atom is 0.135 e. The highest BCUT2D eigenvalue weighted by Crippen LogP contribution is 2.30. The summed E-state index contributed by atoms with van der Waals surface area (Å²) in [7, 11) is 0. The number of amidine groups is 1. The number of aryl methyl sites for hydroxylation is 1. The van der Waals surface area contributed by atoms with Gasteiger partial charge in [0.1, 0.15) is 22.4 Å². The van der Waals surface area contributed by atoms with Crippen molar-refractivity contribution < 1.29 is 9.52 Å². The first-order valence-corrected chi connectivity index (χ1v) is 6.74. The molecule has 0 aliphatic carbocycles. The van der Waals surface area contributed by atoms with E-state index in [0.717, 1.165) is 11.5 Å². The van der Waals surface area contributed by atoms with Crippen molar-refractivity contribution in [2.24, 2.45) is 0 Å². The van der Waals surface area contributed by atoms with E-state index in [9.17, 15) is 5.11 Å². The minimum Gasteiger partial charge on any atom is -0.510 e. The standard InChI is InChI=1S/C13H13N3O2S/c1-8-7-19-13(15-8)11-10(17)6-16(12(11)14)5-9-3-2-4-18-9/h2-4,7,14,17H,5-6H2,1H3. The first-order chi connectivity index (χ1) is 9.15. The van der Waals surface area contributed by atoms with Crippen LogP contribution in [0.2, 0.25) is 0 Å². The van der Waals surface area contributed by atoms with E-state index in [4.69, 9.17) is 9.83 Å². The van der Waals surface area contributed by atoms with E-state index in [1.54, 1.807) is 11.2 Å². The molecule has 2 aromatic rings. The molecule has 3 heterocycles. The predicted octanol–water partition coefficient (Wildman–Crippen LogP) is 2.81. The van der Waals surface area contributed by atoms with Gasteiger partial charge in [0, 0.05) is 11.1 Å². The van der Waals surface area contributed by atoms with E-state index in [1.165, 1.54) is 11.3 Å². The number of aromatic nitrogens is 1. The largest absolute Gasteiger partial charge is 0.510 e. The molecule has 0 saturated carbocycles. The number of hydrogen-bond donors (Lipinski definition) is 2. The number of thiazole rings is 1. The molecule has 0 bridgehead atoms. The molecule has 98 valence electrons. The van der Waals surface area contributed by atoms with Crippen molar-refractivity contribution in [1.29, 1.82) is 5.41 Å². The third kappa shape index (κ3) is 2.15. The minimum absolute atomic E-state index is 0.200. The van der Waals surface area contributed by atoms with Crippen LogP contribution in [-0.4, -0.2) is 27.4 Å². The van der Waals surface area contributed by atoms with Gasteiger partial charge in [-0.2, -0.15) is 0 Å². The molecule has 6 heteroatoms. The smallest absolute Gasteiger partial charge is 0.135 e. The zero-order valence-corrected chi connectivity index (χ0v) is 11.2. The Kier molecular flexibility index (Phi) is 2.87. The fourth-order valence-electron chi connectivity index (χ4n) is 2.05. The first-order valence-electron chi connectivity index (χ1n) is 5.86. The van der Waals surface area contributed by atoms with Gasteiger partial charge in [-0.25, -0.2) is 4.98 Å². The second kappa shape index (κ2) is 4.55. The summed E-state index contributed by atoms with van der Waals surface area (Å²) >= 11 is 1.44. The summed E-state index contributed by atoms with van der Waals surface area (Å²) in [6.07, 6.45) is 1.60. The zero-order chi connectivity index (χ0) is 13.4. The lowest BCUT2D eigenvalue weighted by atomic mass is 10.2. The molecular formula is C13H13N3O2S. The summed E-state index contributed by atoms with van der Waals surface area (Å²) in [4.78, 5) is 6.10. The SMILES string of the molecule is Cc1csc(C2=C(O)CN(Cc3ccco3)C2=N)n1. The van der Waals surface area contributed by atoms with E-state index in [0.29, 0.717) is 29.5 Å². The first kappa shape index (κ1) is 12.0. The Hall–Kier alpha value is -2.08. The third-order valence-electron chi connectivity index (χ3n) is 2.94. The van der Waals surface area contributed by atoms with E-state index < -0.39 is 0 Å². The minimum atomic E-state index is 0.200. The molecule has 19 heavy (non-hydrogen) atoms. The van der Waals surface area contributed by atoms with Crippen molar-refractivity contribution in [2.45, 2.75) is 13.5 Å². The quantitative estimate of drug-likeness (QED) is 0.903. The van der Waals surface area contributed by atoms with Crippen molar-refractivity contribution in [3.8, 4) is 0 Å². The Balaban J connectivity index is 1.83. The second-order valence-electron chi connectivity index (χ2n) is 4.40. The van der Waals surface area contributed by atoms with Gasteiger partial charge in [-0.05, 0) is 19.1 Å². The highest BCUT2D eigenvalue weighted by atomic mass is 32.1. The summed E-state index contributed by atoms with van der Waals surface area (Å²) in [5.41, 5.74) is 1.43. The summed E-state index contributed by atoms with van der Waals surface area (Å²) in [5, 5.41) is 20.8. The fraction of sp³-hybridized carbons (Fsp3) is 0.231. The molecule has 0 amide bonds. The van der Waals surface area contributed by atoms with Crippen LogP contribution in [-0.2, 0) is 6.54 Å². The average molecular weight is 275 g/mol. The van der Waals surface area contributed by atoms with Crippen molar-refractivity contribution in [3.63, 3.8) is 0 Å². The number of rotatable bonds is 3. The van der Waals surface area contributed by atoms with Gasteiger partial charge in [-0.1, -0.05) is 0 Å². The summed E-state index contributed by atoms with van der Waals surface area (Å²) in [6, 6.07) is 3.67. The summed E-state index contributed by atoms with van der Waals surface area (Å²) in [5.74, 6) is 1.27. The van der Waals surface area contributed by atoms with Crippen LogP contribution in [0.25, 0.3) is 5.57 Å². The molecule has 0 spiro atoms. The van der Waals surface area contributed by atoms with Crippen molar-refractivity contribution in [1.82, 2.24) is 9.88 Å². The molecule has 1 aliphatic heterocycles. The van der Waals surface area contributed by atoms with E-state index >= 15 is 0 Å². The average Bonchev–Trinajstić information content (AvgIpc) is 3.05. The number of nitrogens with one attached hydrogen (secondary N) is 1. The van der Waals surface area contributed by atoms with Gasteiger partial charge in [-0.15, -0.1) is 11.3 Å². The Labute approximate surface area is 114 Å². The molecule has 3 rings (SSSR count). The van der Waals surface area contributed by atoms with Crippen LogP contribution in [0.3, 0.4) is 0 Å². The summed E-state index contributed by atoms with van der Waals surface area (Å²) < 4.78 is 5.27. The molecule has 5 nitrogen and oxygen atoms in total. The molecule has 0 atom stereocenters. The Morgan fingerprint density at radius 2 is 2.42 bits per heavy atom. The second-order valence-corrected chi connectivity index (χ2v) is 5.26. The number of hydrogen-bond acceptors (Lipinski definition) is 5. The topological polar surface area (TPSA) is 73.3 Å². The van der Waals surface area contributed by atoms with Crippen molar-refractivity contribution >= 4 is 22.7 Å². The van der Waals surface area contributed by atoms with Gasteiger partial charge in [0.25, 0.3) is 0 Å². The van der Waals surface area contributed by atoms with E-state index in [-0.39, 0.29) is 5.76 Å². The van der Waals surface area contributed by atoms with Crippen molar-refractivity contribution in [2.75, 3.05) is 6.54 Å². The monoisotopic (exact) mass is 275 g/mol. The van der Waals surface area contributed by atoms with Crippen LogP contribution in [0.15, 0.2) is 34.0 Å². The molecule has 0 aromatic carbocycles. The van der Waals surface area contributed by atoms with Crippen LogP contribution < -0.4 is 0 Å². The molecule has 2 aromatic heterocycles. The van der Waals surface area contributed by atoms with Gasteiger partial charge in [0.15, 0.2) is 0 Å². The number of furan rings is 1. The lowest BCUT2D eigenvalue weighted by Gasteiger charge is -2.16. The fourth-order valence-corrected chi connectivity index (χ4v) is 2.92. The van der Waals surface area contributed by atoms with E-state index in [2.05, 4.69) is 4.98 Å². The molecule has 0 unspecified atom stereocenters. The van der Waals surface area contributed by atoms with Crippen LogP contribution in [0.5, 0.6) is 0 Å². The molecule has 1 aliphatic rings. The van der Waals surface area contributed by atoms with Crippen molar-refractivity contribution in [3.05, 3.63) is 46.0 Å². The molecule has 2 N–H and O–H groups in total. The van der Waals surface area contributed by atoms with Crippen LogP contribution in [0.1, 0.15) is 16.5 Å². The maximum absolute atomic E-state index is 10.1.